The number of hydrogen-bond donors (Lipinski definition) is 2. The van der Waals surface area contributed by atoms with E-state index in [9.17, 15) is 9.59 Å². The molecule has 18 heavy (non-hydrogen) atoms. The normalized spacial score (nSPS) is 11.7. The minimum atomic E-state index is -0.810. The van der Waals surface area contributed by atoms with Gasteiger partial charge in [0.15, 0.2) is 6.10 Å². The number of nitrogens with two attached hydrogens (primary N) is 2. The zero-order valence-corrected chi connectivity index (χ0v) is 10.3. The van der Waals surface area contributed by atoms with Crippen LogP contribution in [0.5, 0.6) is 5.75 Å². The molecular formula is C12H16N2O4. The zero-order chi connectivity index (χ0) is 13.7. The van der Waals surface area contributed by atoms with Crippen molar-refractivity contribution in [3.63, 3.8) is 0 Å². The van der Waals surface area contributed by atoms with Crippen molar-refractivity contribution in [3.05, 3.63) is 23.8 Å². The van der Waals surface area contributed by atoms with E-state index in [1.54, 1.807) is 13.0 Å². The fraction of sp³-hybridized carbons (Fsp3) is 0.333. The standard InChI is InChI=1S/C12H16N2O4/c1-3-9(11(14)15)18-10-6-7(13)4-5-8(10)12(16)17-2/h4-6,9H,3,13H2,1-2H3,(H2,14,15). The number of esters is 1. The van der Waals surface area contributed by atoms with Gasteiger partial charge in [-0.05, 0) is 18.6 Å². The first-order valence-electron chi connectivity index (χ1n) is 5.43. The Bertz CT molecular complexity index is 459. The minimum Gasteiger partial charge on any atom is -0.480 e. The molecule has 0 fully saturated rings. The zero-order valence-electron chi connectivity index (χ0n) is 10.3. The van der Waals surface area contributed by atoms with Crippen LogP contribution < -0.4 is 16.2 Å². The van der Waals surface area contributed by atoms with Crippen molar-refractivity contribution in [2.45, 2.75) is 19.4 Å². The molecule has 0 radical (unpaired) electrons. The number of amides is 1. The van der Waals surface area contributed by atoms with E-state index < -0.39 is 18.0 Å². The number of benzene rings is 1. The van der Waals surface area contributed by atoms with E-state index in [2.05, 4.69) is 4.74 Å². The van der Waals surface area contributed by atoms with Crippen molar-refractivity contribution in [3.8, 4) is 5.75 Å². The number of methoxy groups -OCH3 is 1. The lowest BCUT2D eigenvalue weighted by Gasteiger charge is -2.16. The van der Waals surface area contributed by atoms with E-state index in [-0.39, 0.29) is 11.3 Å². The Morgan fingerprint density at radius 2 is 2.06 bits per heavy atom. The van der Waals surface area contributed by atoms with Crippen LogP contribution in [0.15, 0.2) is 18.2 Å². The van der Waals surface area contributed by atoms with Crippen LogP contribution in [0.2, 0.25) is 0 Å². The molecule has 1 unspecified atom stereocenters. The van der Waals surface area contributed by atoms with E-state index in [1.807, 2.05) is 0 Å². The molecule has 0 bridgehead atoms. The van der Waals surface area contributed by atoms with Crippen LogP contribution in [-0.2, 0) is 9.53 Å². The second-order valence-corrected chi connectivity index (χ2v) is 3.66. The van der Waals surface area contributed by atoms with E-state index >= 15 is 0 Å². The fourth-order valence-corrected chi connectivity index (χ4v) is 1.41. The maximum atomic E-state index is 11.5. The Kier molecular flexibility index (Phi) is 4.53. The third-order valence-corrected chi connectivity index (χ3v) is 2.37. The summed E-state index contributed by atoms with van der Waals surface area (Å²) in [6, 6.07) is 4.48. The molecule has 1 rings (SSSR count). The third-order valence-electron chi connectivity index (χ3n) is 2.37. The summed E-state index contributed by atoms with van der Waals surface area (Å²) < 4.78 is 10.0. The lowest BCUT2D eigenvalue weighted by atomic mass is 10.1. The molecule has 0 aliphatic carbocycles. The largest absolute Gasteiger partial charge is 0.480 e. The van der Waals surface area contributed by atoms with E-state index in [4.69, 9.17) is 16.2 Å². The summed E-state index contributed by atoms with van der Waals surface area (Å²) in [6.45, 7) is 1.75. The van der Waals surface area contributed by atoms with E-state index in [1.165, 1.54) is 19.2 Å². The lowest BCUT2D eigenvalue weighted by Crippen LogP contribution is -2.33. The molecule has 4 N–H and O–H groups in total. The number of nitrogen functional groups attached to an aromatic ring is 1. The second kappa shape index (κ2) is 5.90. The molecule has 1 amide bonds. The number of carbonyl (C=O) groups excluding carboxylic acids is 2. The number of hydrogen-bond acceptors (Lipinski definition) is 5. The van der Waals surface area contributed by atoms with Crippen LogP contribution in [0.4, 0.5) is 5.69 Å². The average Bonchev–Trinajstić information content (AvgIpc) is 2.34. The van der Waals surface area contributed by atoms with Crippen LogP contribution in [0.3, 0.4) is 0 Å². The molecule has 1 aromatic carbocycles. The highest BCUT2D eigenvalue weighted by Crippen LogP contribution is 2.24. The highest BCUT2D eigenvalue weighted by atomic mass is 16.5. The van der Waals surface area contributed by atoms with Crippen molar-refractivity contribution >= 4 is 17.6 Å². The van der Waals surface area contributed by atoms with Crippen LogP contribution in [0, 0.1) is 0 Å². The SMILES string of the molecule is CCC(Oc1cc(N)ccc1C(=O)OC)C(N)=O. The molecule has 0 heterocycles. The number of carbonyl (C=O) groups is 2. The quantitative estimate of drug-likeness (QED) is 0.592. The molecule has 6 nitrogen and oxygen atoms in total. The molecule has 1 aromatic rings. The fourth-order valence-electron chi connectivity index (χ4n) is 1.41. The van der Waals surface area contributed by atoms with Gasteiger partial charge in [0.2, 0.25) is 0 Å². The number of anilines is 1. The first kappa shape index (κ1) is 13.8. The summed E-state index contributed by atoms with van der Waals surface area (Å²) in [4.78, 5) is 22.6. The molecule has 0 saturated carbocycles. The molecular weight excluding hydrogens is 236 g/mol. The van der Waals surface area contributed by atoms with Gasteiger partial charge in [0.1, 0.15) is 11.3 Å². The van der Waals surface area contributed by atoms with Gasteiger partial charge in [0.05, 0.1) is 7.11 Å². The van der Waals surface area contributed by atoms with Gasteiger partial charge in [0.25, 0.3) is 5.91 Å². The topological polar surface area (TPSA) is 105 Å². The Labute approximate surface area is 105 Å². The van der Waals surface area contributed by atoms with Crippen LogP contribution in [-0.4, -0.2) is 25.1 Å². The molecule has 0 aliphatic heterocycles. The molecule has 0 aliphatic rings. The van der Waals surface area contributed by atoms with Crippen molar-refractivity contribution in [2.75, 3.05) is 12.8 Å². The highest BCUT2D eigenvalue weighted by molar-refractivity contribution is 5.93. The van der Waals surface area contributed by atoms with Crippen molar-refractivity contribution in [1.29, 1.82) is 0 Å². The summed E-state index contributed by atoms with van der Waals surface area (Å²) in [5.74, 6) is -0.979. The molecule has 98 valence electrons. The third kappa shape index (κ3) is 3.13. The smallest absolute Gasteiger partial charge is 0.341 e. The number of ether oxygens (including phenoxy) is 2. The van der Waals surface area contributed by atoms with Crippen LogP contribution >= 0.6 is 0 Å². The minimum absolute atomic E-state index is 0.188. The Balaban J connectivity index is 3.09. The predicted octanol–water partition coefficient (Wildman–Crippen LogP) is 0.698. The Morgan fingerprint density at radius 3 is 2.56 bits per heavy atom. The van der Waals surface area contributed by atoms with Gasteiger partial charge in [-0.25, -0.2) is 4.79 Å². The van der Waals surface area contributed by atoms with Crippen molar-refractivity contribution in [2.24, 2.45) is 5.73 Å². The lowest BCUT2D eigenvalue weighted by molar-refractivity contribution is -0.124. The number of primary amides is 1. The highest BCUT2D eigenvalue weighted by Gasteiger charge is 2.20. The summed E-state index contributed by atoms with van der Waals surface area (Å²) in [5, 5.41) is 0. The second-order valence-electron chi connectivity index (χ2n) is 3.66. The van der Waals surface area contributed by atoms with Crippen molar-refractivity contribution < 1.29 is 19.1 Å². The maximum absolute atomic E-state index is 11.5. The van der Waals surface area contributed by atoms with E-state index in [0.29, 0.717) is 12.1 Å². The van der Waals surface area contributed by atoms with Gasteiger partial charge >= 0.3 is 5.97 Å². The van der Waals surface area contributed by atoms with Gasteiger partial charge in [-0.1, -0.05) is 6.92 Å². The maximum Gasteiger partial charge on any atom is 0.341 e. The predicted molar refractivity (Wildman–Crippen MR) is 66.1 cm³/mol. The van der Waals surface area contributed by atoms with Crippen LogP contribution in [0.1, 0.15) is 23.7 Å². The van der Waals surface area contributed by atoms with Crippen molar-refractivity contribution in [1.82, 2.24) is 0 Å². The number of rotatable bonds is 5. The average molecular weight is 252 g/mol. The molecule has 0 aromatic heterocycles. The molecule has 0 saturated heterocycles. The first-order valence-corrected chi connectivity index (χ1v) is 5.43. The Morgan fingerprint density at radius 1 is 1.39 bits per heavy atom. The van der Waals surface area contributed by atoms with E-state index in [0.717, 1.165) is 0 Å². The molecule has 1 atom stereocenters. The summed E-state index contributed by atoms with van der Waals surface area (Å²) in [5.41, 5.74) is 11.4. The summed E-state index contributed by atoms with van der Waals surface area (Å²) in [6.07, 6.45) is -0.416. The van der Waals surface area contributed by atoms with Crippen LogP contribution in [0.25, 0.3) is 0 Å². The van der Waals surface area contributed by atoms with Gasteiger partial charge in [-0.3, -0.25) is 4.79 Å². The summed E-state index contributed by atoms with van der Waals surface area (Å²) in [7, 11) is 1.26. The molecule has 0 spiro atoms. The Hall–Kier alpha value is -2.24. The van der Waals surface area contributed by atoms with Gasteiger partial charge in [-0.15, -0.1) is 0 Å². The van der Waals surface area contributed by atoms with Gasteiger partial charge in [0, 0.05) is 11.8 Å². The van der Waals surface area contributed by atoms with Gasteiger partial charge < -0.3 is 20.9 Å². The molecule has 6 heteroatoms. The monoisotopic (exact) mass is 252 g/mol. The van der Waals surface area contributed by atoms with Gasteiger partial charge in [-0.2, -0.15) is 0 Å². The first-order chi connectivity index (χ1) is 8.49. The summed E-state index contributed by atoms with van der Waals surface area (Å²) >= 11 is 0.